The van der Waals surface area contributed by atoms with E-state index in [0.29, 0.717) is 18.1 Å². The second-order valence-electron chi connectivity index (χ2n) is 6.39. The molecule has 1 amide bonds. The molecule has 3 aromatic rings. The molecular formula is C23H22ClNOS. The van der Waals surface area contributed by atoms with Crippen LogP contribution in [0.2, 0.25) is 5.02 Å². The van der Waals surface area contributed by atoms with Crippen LogP contribution in [0.25, 0.3) is 6.08 Å². The summed E-state index contributed by atoms with van der Waals surface area (Å²) >= 11 is 7.66. The Balaban J connectivity index is 1.70. The lowest BCUT2D eigenvalue weighted by atomic mass is 10.1. The van der Waals surface area contributed by atoms with Crippen LogP contribution in [0.15, 0.2) is 72.8 Å². The highest BCUT2D eigenvalue weighted by atomic mass is 35.5. The SMILES string of the molecule is Cc1ccc(CN(CCc2ccccc2)C(=O)/C=C/c2ccc(Cl)cc2)s1. The van der Waals surface area contributed by atoms with Gasteiger partial charge in [-0.25, -0.2) is 0 Å². The molecule has 0 aliphatic heterocycles. The molecule has 0 unspecified atom stereocenters. The standard InChI is InChI=1S/C23H22ClNOS/c1-18-7-13-22(27-18)17-25(16-15-19-5-3-2-4-6-19)23(26)14-10-20-8-11-21(24)12-9-20/h2-14H,15-17H2,1H3/b14-10+. The average molecular weight is 396 g/mol. The fourth-order valence-electron chi connectivity index (χ4n) is 2.78. The van der Waals surface area contributed by atoms with Crippen molar-refractivity contribution >= 4 is 34.9 Å². The van der Waals surface area contributed by atoms with Crippen molar-refractivity contribution in [2.75, 3.05) is 6.54 Å². The summed E-state index contributed by atoms with van der Waals surface area (Å²) in [6.07, 6.45) is 4.33. The Bertz CT molecular complexity index is 900. The Hall–Kier alpha value is -2.36. The minimum absolute atomic E-state index is 0.0203. The lowest BCUT2D eigenvalue weighted by Crippen LogP contribution is -2.30. The molecular weight excluding hydrogens is 374 g/mol. The third-order valence-electron chi connectivity index (χ3n) is 4.26. The second-order valence-corrected chi connectivity index (χ2v) is 8.20. The Kier molecular flexibility index (Phi) is 6.86. The maximum atomic E-state index is 12.8. The van der Waals surface area contributed by atoms with E-state index in [4.69, 9.17) is 11.6 Å². The van der Waals surface area contributed by atoms with Gasteiger partial charge >= 0.3 is 0 Å². The van der Waals surface area contributed by atoms with Crippen molar-refractivity contribution < 1.29 is 4.79 Å². The van der Waals surface area contributed by atoms with Crippen molar-refractivity contribution in [3.8, 4) is 0 Å². The van der Waals surface area contributed by atoms with E-state index in [1.807, 2.05) is 53.4 Å². The number of benzene rings is 2. The van der Waals surface area contributed by atoms with Crippen LogP contribution < -0.4 is 0 Å². The summed E-state index contributed by atoms with van der Waals surface area (Å²) in [5.74, 6) is 0.0203. The summed E-state index contributed by atoms with van der Waals surface area (Å²) in [5.41, 5.74) is 2.20. The second kappa shape index (κ2) is 9.54. The zero-order valence-electron chi connectivity index (χ0n) is 15.3. The number of hydrogen-bond acceptors (Lipinski definition) is 2. The van der Waals surface area contributed by atoms with Gasteiger partial charge in [0.2, 0.25) is 5.91 Å². The van der Waals surface area contributed by atoms with E-state index in [9.17, 15) is 4.79 Å². The maximum absolute atomic E-state index is 12.8. The van der Waals surface area contributed by atoms with Gasteiger partial charge in [-0.1, -0.05) is 54.1 Å². The van der Waals surface area contributed by atoms with Gasteiger partial charge in [-0.05, 0) is 54.8 Å². The fraction of sp³-hybridized carbons (Fsp3) is 0.174. The van der Waals surface area contributed by atoms with Gasteiger partial charge in [0, 0.05) is 27.4 Å². The third kappa shape index (κ3) is 6.09. The molecule has 0 saturated heterocycles. The first kappa shape index (κ1) is 19.4. The first-order valence-electron chi connectivity index (χ1n) is 8.92. The highest BCUT2D eigenvalue weighted by Gasteiger charge is 2.12. The van der Waals surface area contributed by atoms with Crippen LogP contribution in [0, 0.1) is 6.92 Å². The smallest absolute Gasteiger partial charge is 0.246 e. The van der Waals surface area contributed by atoms with Crippen molar-refractivity contribution in [1.29, 1.82) is 0 Å². The summed E-state index contributed by atoms with van der Waals surface area (Å²) in [6.45, 7) is 3.41. The number of amides is 1. The Morgan fingerprint density at radius 3 is 2.44 bits per heavy atom. The number of aryl methyl sites for hydroxylation is 1. The highest BCUT2D eigenvalue weighted by molar-refractivity contribution is 7.11. The van der Waals surface area contributed by atoms with Gasteiger partial charge in [0.05, 0.1) is 6.54 Å². The van der Waals surface area contributed by atoms with Crippen LogP contribution >= 0.6 is 22.9 Å². The summed E-state index contributed by atoms with van der Waals surface area (Å²) in [6, 6.07) is 21.9. The number of carbonyl (C=O) groups is 1. The maximum Gasteiger partial charge on any atom is 0.246 e. The lowest BCUT2D eigenvalue weighted by Gasteiger charge is -2.20. The van der Waals surface area contributed by atoms with E-state index in [1.54, 1.807) is 17.4 Å². The van der Waals surface area contributed by atoms with E-state index in [1.165, 1.54) is 15.3 Å². The average Bonchev–Trinajstić information content (AvgIpc) is 3.10. The molecule has 0 aliphatic rings. The van der Waals surface area contributed by atoms with Crippen molar-refractivity contribution in [2.45, 2.75) is 19.9 Å². The van der Waals surface area contributed by atoms with Gasteiger partial charge < -0.3 is 4.90 Å². The monoisotopic (exact) mass is 395 g/mol. The molecule has 3 rings (SSSR count). The van der Waals surface area contributed by atoms with Crippen molar-refractivity contribution in [1.82, 2.24) is 4.90 Å². The molecule has 27 heavy (non-hydrogen) atoms. The molecule has 0 radical (unpaired) electrons. The first-order valence-corrected chi connectivity index (χ1v) is 10.1. The molecule has 4 heteroatoms. The summed E-state index contributed by atoms with van der Waals surface area (Å²) in [7, 11) is 0. The van der Waals surface area contributed by atoms with Crippen LogP contribution in [0.5, 0.6) is 0 Å². The molecule has 0 bridgehead atoms. The summed E-state index contributed by atoms with van der Waals surface area (Å²) < 4.78 is 0. The zero-order chi connectivity index (χ0) is 19.1. The minimum atomic E-state index is 0.0203. The molecule has 2 aromatic carbocycles. The van der Waals surface area contributed by atoms with Crippen LogP contribution in [0.3, 0.4) is 0 Å². The number of carbonyl (C=O) groups excluding carboxylic acids is 1. The molecule has 2 nitrogen and oxygen atoms in total. The summed E-state index contributed by atoms with van der Waals surface area (Å²) in [4.78, 5) is 17.2. The fourth-order valence-corrected chi connectivity index (χ4v) is 3.81. The van der Waals surface area contributed by atoms with Gasteiger partial charge in [-0.15, -0.1) is 11.3 Å². The summed E-state index contributed by atoms with van der Waals surface area (Å²) in [5, 5.41) is 0.691. The first-order chi connectivity index (χ1) is 13.1. The van der Waals surface area contributed by atoms with Crippen LogP contribution in [0.1, 0.15) is 20.9 Å². The Morgan fingerprint density at radius 2 is 1.78 bits per heavy atom. The quantitative estimate of drug-likeness (QED) is 0.449. The van der Waals surface area contributed by atoms with E-state index < -0.39 is 0 Å². The van der Waals surface area contributed by atoms with Gasteiger partial charge in [-0.3, -0.25) is 4.79 Å². The third-order valence-corrected chi connectivity index (χ3v) is 5.49. The van der Waals surface area contributed by atoms with Gasteiger partial charge in [-0.2, -0.15) is 0 Å². The largest absolute Gasteiger partial charge is 0.334 e. The molecule has 0 atom stereocenters. The topological polar surface area (TPSA) is 20.3 Å². The Morgan fingerprint density at radius 1 is 1.04 bits per heavy atom. The normalized spacial score (nSPS) is 11.0. The van der Waals surface area contributed by atoms with Gasteiger partial charge in [0.25, 0.3) is 0 Å². The van der Waals surface area contributed by atoms with Crippen LogP contribution in [-0.4, -0.2) is 17.4 Å². The van der Waals surface area contributed by atoms with Crippen LogP contribution in [-0.2, 0) is 17.8 Å². The molecule has 1 aromatic heterocycles. The Labute approximate surface area is 169 Å². The van der Waals surface area contributed by atoms with E-state index in [0.717, 1.165) is 12.0 Å². The number of halogens is 1. The van der Waals surface area contributed by atoms with E-state index in [2.05, 4.69) is 31.2 Å². The van der Waals surface area contributed by atoms with Crippen molar-refractivity contribution in [3.05, 3.63) is 98.7 Å². The number of hydrogen-bond donors (Lipinski definition) is 0. The molecule has 0 spiro atoms. The molecule has 0 N–H and O–H groups in total. The predicted octanol–water partition coefficient (Wildman–Crippen LogP) is 5.99. The molecule has 0 fully saturated rings. The minimum Gasteiger partial charge on any atom is -0.334 e. The van der Waals surface area contributed by atoms with Gasteiger partial charge in [0.1, 0.15) is 0 Å². The highest BCUT2D eigenvalue weighted by Crippen LogP contribution is 2.18. The van der Waals surface area contributed by atoms with Crippen molar-refractivity contribution in [3.63, 3.8) is 0 Å². The molecule has 0 saturated carbocycles. The van der Waals surface area contributed by atoms with E-state index in [-0.39, 0.29) is 5.91 Å². The predicted molar refractivity (Wildman–Crippen MR) is 115 cm³/mol. The number of rotatable bonds is 7. The van der Waals surface area contributed by atoms with E-state index >= 15 is 0 Å². The molecule has 138 valence electrons. The zero-order valence-corrected chi connectivity index (χ0v) is 16.8. The lowest BCUT2D eigenvalue weighted by molar-refractivity contribution is -0.126. The van der Waals surface area contributed by atoms with Crippen molar-refractivity contribution in [2.24, 2.45) is 0 Å². The van der Waals surface area contributed by atoms with Crippen LogP contribution in [0.4, 0.5) is 0 Å². The van der Waals surface area contributed by atoms with Gasteiger partial charge in [0.15, 0.2) is 0 Å². The molecule has 0 aliphatic carbocycles. The molecule has 1 heterocycles. The number of thiophene rings is 1. The number of nitrogens with zero attached hydrogens (tertiary/aromatic N) is 1.